The molecule has 150 valence electrons. The number of carbonyl (C=O) groups is 2. The van der Waals surface area contributed by atoms with Gasteiger partial charge in [0, 0.05) is 10.7 Å². The predicted octanol–water partition coefficient (Wildman–Crippen LogP) is 1.79. The average Bonchev–Trinajstić information content (AvgIpc) is 2.66. The molecule has 0 saturated heterocycles. The maximum Gasteiger partial charge on any atom is 0.338 e. The number of amides is 1. The quantitative estimate of drug-likeness (QED) is 0.553. The Hall–Kier alpha value is -2.46. The van der Waals surface area contributed by atoms with Crippen LogP contribution in [0.3, 0.4) is 0 Å². The molecule has 2 aromatic rings. The summed E-state index contributed by atoms with van der Waals surface area (Å²) in [5.41, 5.74) is 0.474. The summed E-state index contributed by atoms with van der Waals surface area (Å²) in [7, 11) is -4.06. The Labute approximate surface area is 167 Å². The number of aliphatic hydroxyl groups excluding tert-OH is 1. The number of hydrogen-bond donors (Lipinski definition) is 3. The van der Waals surface area contributed by atoms with Crippen LogP contribution < -0.4 is 10.0 Å². The van der Waals surface area contributed by atoms with E-state index in [2.05, 4.69) is 10.0 Å². The van der Waals surface area contributed by atoms with Crippen LogP contribution in [0.25, 0.3) is 0 Å². The highest BCUT2D eigenvalue weighted by molar-refractivity contribution is 7.89. The van der Waals surface area contributed by atoms with Crippen molar-refractivity contribution >= 4 is 39.2 Å². The topological polar surface area (TPSA) is 122 Å². The first-order chi connectivity index (χ1) is 13.3. The Balaban J connectivity index is 2.12. The molecule has 0 heterocycles. The van der Waals surface area contributed by atoms with Crippen molar-refractivity contribution in [2.24, 2.45) is 0 Å². The molecule has 0 aliphatic heterocycles. The molecule has 0 aliphatic carbocycles. The summed E-state index contributed by atoms with van der Waals surface area (Å²) in [6.07, 6.45) is 0. The Bertz CT molecular complexity index is 947. The fraction of sp³-hybridized carbons (Fsp3) is 0.222. The average molecular weight is 427 g/mol. The van der Waals surface area contributed by atoms with Crippen molar-refractivity contribution in [3.8, 4) is 0 Å². The molecule has 2 rings (SSSR count). The van der Waals surface area contributed by atoms with Crippen LogP contribution >= 0.6 is 11.6 Å². The summed E-state index contributed by atoms with van der Waals surface area (Å²) in [6.45, 7) is 1.10. The first-order valence-electron chi connectivity index (χ1n) is 8.23. The van der Waals surface area contributed by atoms with Gasteiger partial charge in [-0.25, -0.2) is 13.2 Å². The molecule has 0 unspecified atom stereocenters. The maximum atomic E-state index is 12.4. The smallest absolute Gasteiger partial charge is 0.338 e. The van der Waals surface area contributed by atoms with Gasteiger partial charge in [0.15, 0.2) is 0 Å². The summed E-state index contributed by atoms with van der Waals surface area (Å²) in [5.74, 6) is -1.35. The fourth-order valence-electron chi connectivity index (χ4n) is 2.21. The monoisotopic (exact) mass is 426 g/mol. The van der Waals surface area contributed by atoms with Crippen molar-refractivity contribution in [3.05, 3.63) is 59.1 Å². The Morgan fingerprint density at radius 3 is 2.46 bits per heavy atom. The highest BCUT2D eigenvalue weighted by Crippen LogP contribution is 2.15. The summed E-state index contributed by atoms with van der Waals surface area (Å²) in [5, 5.41) is 12.3. The molecule has 1 atom stereocenters. The molecule has 0 fully saturated rings. The van der Waals surface area contributed by atoms with Gasteiger partial charge < -0.3 is 15.2 Å². The third-order valence-corrected chi connectivity index (χ3v) is 5.30. The van der Waals surface area contributed by atoms with E-state index >= 15 is 0 Å². The van der Waals surface area contributed by atoms with Crippen LogP contribution in [-0.4, -0.2) is 44.7 Å². The normalized spacial score (nSPS) is 12.2. The third kappa shape index (κ3) is 5.77. The Morgan fingerprint density at radius 1 is 1.18 bits per heavy atom. The van der Waals surface area contributed by atoms with Crippen molar-refractivity contribution in [1.29, 1.82) is 0 Å². The van der Waals surface area contributed by atoms with E-state index in [-0.39, 0.29) is 22.8 Å². The molecular weight excluding hydrogens is 408 g/mol. The molecule has 2 aromatic carbocycles. The van der Waals surface area contributed by atoms with Crippen molar-refractivity contribution in [2.45, 2.75) is 17.9 Å². The number of aliphatic hydroxyl groups is 1. The second-order valence-corrected chi connectivity index (χ2v) is 7.75. The molecule has 0 bridgehead atoms. The molecule has 28 heavy (non-hydrogen) atoms. The van der Waals surface area contributed by atoms with Crippen LogP contribution in [0, 0.1) is 0 Å². The minimum Gasteiger partial charge on any atom is -0.462 e. The third-order valence-electron chi connectivity index (χ3n) is 3.56. The van der Waals surface area contributed by atoms with E-state index in [1.165, 1.54) is 48.5 Å². The SMILES string of the molecule is CCOC(=O)c1cccc(NC(=O)[C@H](CO)NS(=O)(=O)c2ccc(Cl)cc2)c1. The highest BCUT2D eigenvalue weighted by Gasteiger charge is 2.25. The second-order valence-electron chi connectivity index (χ2n) is 5.60. The molecule has 10 heteroatoms. The number of esters is 1. The number of nitrogens with one attached hydrogen (secondary N) is 2. The summed E-state index contributed by atoms with van der Waals surface area (Å²) < 4.78 is 31.8. The van der Waals surface area contributed by atoms with Crippen LogP contribution in [0.2, 0.25) is 5.02 Å². The number of halogens is 1. The summed E-state index contributed by atoms with van der Waals surface area (Å²) >= 11 is 5.74. The van der Waals surface area contributed by atoms with Gasteiger partial charge in [0.2, 0.25) is 15.9 Å². The number of rotatable bonds is 8. The zero-order valence-electron chi connectivity index (χ0n) is 14.9. The Morgan fingerprint density at radius 2 is 1.86 bits per heavy atom. The van der Waals surface area contributed by atoms with Crippen molar-refractivity contribution < 1.29 is 27.9 Å². The van der Waals surface area contributed by atoms with Crippen LogP contribution in [0.5, 0.6) is 0 Å². The van der Waals surface area contributed by atoms with Crippen LogP contribution in [0.4, 0.5) is 5.69 Å². The van der Waals surface area contributed by atoms with Crippen LogP contribution in [0.1, 0.15) is 17.3 Å². The van der Waals surface area contributed by atoms with Crippen molar-refractivity contribution in [1.82, 2.24) is 4.72 Å². The molecule has 0 spiro atoms. The van der Waals surface area contributed by atoms with E-state index in [0.29, 0.717) is 5.02 Å². The number of anilines is 1. The lowest BCUT2D eigenvalue weighted by Crippen LogP contribution is -2.46. The van der Waals surface area contributed by atoms with Gasteiger partial charge in [-0.3, -0.25) is 4.79 Å². The maximum absolute atomic E-state index is 12.4. The van der Waals surface area contributed by atoms with E-state index in [1.54, 1.807) is 6.92 Å². The van der Waals surface area contributed by atoms with Gasteiger partial charge in [0.1, 0.15) is 6.04 Å². The Kier molecular flexibility index (Phi) is 7.53. The number of ether oxygens (including phenoxy) is 1. The highest BCUT2D eigenvalue weighted by atomic mass is 35.5. The minimum atomic E-state index is -4.06. The molecule has 3 N–H and O–H groups in total. The van der Waals surface area contributed by atoms with Gasteiger partial charge in [-0.2, -0.15) is 4.72 Å². The van der Waals surface area contributed by atoms with Gasteiger partial charge in [0.05, 0.1) is 23.7 Å². The number of benzene rings is 2. The molecule has 8 nitrogen and oxygen atoms in total. The van der Waals surface area contributed by atoms with E-state index in [1.807, 2.05) is 0 Å². The molecule has 1 amide bonds. The zero-order valence-corrected chi connectivity index (χ0v) is 16.5. The molecular formula is C18H19ClN2O6S. The molecule has 0 radical (unpaired) electrons. The minimum absolute atomic E-state index is 0.104. The van der Waals surface area contributed by atoms with Crippen LogP contribution in [-0.2, 0) is 19.6 Å². The first-order valence-corrected chi connectivity index (χ1v) is 10.1. The first kappa shape index (κ1) is 21.8. The summed E-state index contributed by atoms with van der Waals surface area (Å²) in [6, 6.07) is 9.86. The van der Waals surface area contributed by atoms with Crippen LogP contribution in [0.15, 0.2) is 53.4 Å². The van der Waals surface area contributed by atoms with E-state index in [4.69, 9.17) is 16.3 Å². The number of sulfonamides is 1. The zero-order chi connectivity index (χ0) is 20.7. The predicted molar refractivity (Wildman–Crippen MR) is 104 cm³/mol. The van der Waals surface area contributed by atoms with Crippen molar-refractivity contribution in [2.75, 3.05) is 18.5 Å². The second kappa shape index (κ2) is 9.65. The van der Waals surface area contributed by atoms with Crippen molar-refractivity contribution in [3.63, 3.8) is 0 Å². The van der Waals surface area contributed by atoms with Gasteiger partial charge >= 0.3 is 5.97 Å². The lowest BCUT2D eigenvalue weighted by Gasteiger charge is -2.16. The lowest BCUT2D eigenvalue weighted by atomic mass is 10.2. The van der Waals surface area contributed by atoms with Gasteiger partial charge in [-0.05, 0) is 49.4 Å². The standard InChI is InChI=1S/C18H19ClN2O6S/c1-2-27-18(24)12-4-3-5-14(10-12)20-17(23)16(11-22)21-28(25,26)15-8-6-13(19)7-9-15/h3-10,16,21-22H,2,11H2,1H3,(H,20,23)/t16-/m0/s1. The van der Waals surface area contributed by atoms with Gasteiger partial charge in [-0.15, -0.1) is 0 Å². The lowest BCUT2D eigenvalue weighted by molar-refractivity contribution is -0.118. The largest absolute Gasteiger partial charge is 0.462 e. The fourth-order valence-corrected chi connectivity index (χ4v) is 3.52. The molecule has 0 saturated carbocycles. The van der Waals surface area contributed by atoms with Gasteiger partial charge in [0.25, 0.3) is 0 Å². The number of carbonyl (C=O) groups excluding carboxylic acids is 2. The molecule has 0 aromatic heterocycles. The van der Waals surface area contributed by atoms with Gasteiger partial charge in [-0.1, -0.05) is 17.7 Å². The van der Waals surface area contributed by atoms with E-state index < -0.39 is 34.5 Å². The summed E-state index contributed by atoms with van der Waals surface area (Å²) in [4.78, 5) is 24.0. The van der Waals surface area contributed by atoms with E-state index in [0.717, 1.165) is 0 Å². The number of hydrogen-bond acceptors (Lipinski definition) is 6. The van der Waals surface area contributed by atoms with E-state index in [9.17, 15) is 23.1 Å². The molecule has 0 aliphatic rings.